The lowest BCUT2D eigenvalue weighted by molar-refractivity contribution is -0.384. The Balaban J connectivity index is 1.88. The van der Waals surface area contributed by atoms with Gasteiger partial charge in [-0.05, 0) is 30.9 Å². The molecule has 1 aliphatic carbocycles. The summed E-state index contributed by atoms with van der Waals surface area (Å²) in [6, 6.07) is 6.21. The van der Waals surface area contributed by atoms with Crippen LogP contribution in [0.5, 0.6) is 0 Å². The van der Waals surface area contributed by atoms with Crippen molar-refractivity contribution in [2.45, 2.75) is 25.8 Å². The molecule has 108 valence electrons. The molecule has 0 saturated heterocycles. The molecule has 1 aromatic carbocycles. The fourth-order valence-electron chi connectivity index (χ4n) is 2.72. The second kappa shape index (κ2) is 6.47. The van der Waals surface area contributed by atoms with Crippen molar-refractivity contribution in [1.82, 2.24) is 5.32 Å². The number of hydrogen-bond acceptors (Lipinski definition) is 4. The maximum Gasteiger partial charge on any atom is 0.269 e. The second-order valence-electron chi connectivity index (χ2n) is 5.17. The van der Waals surface area contributed by atoms with Crippen molar-refractivity contribution in [1.29, 1.82) is 0 Å². The summed E-state index contributed by atoms with van der Waals surface area (Å²) < 4.78 is 0. The number of nitrogens with zero attached hydrogens (tertiary/aromatic N) is 1. The summed E-state index contributed by atoms with van der Waals surface area (Å²) in [5.41, 5.74) is 6.58. The molecular formula is C14H19N3O3. The van der Waals surface area contributed by atoms with Gasteiger partial charge in [0.15, 0.2) is 0 Å². The van der Waals surface area contributed by atoms with Crippen molar-refractivity contribution in [3.63, 3.8) is 0 Å². The van der Waals surface area contributed by atoms with Crippen molar-refractivity contribution in [2.75, 3.05) is 6.54 Å². The lowest BCUT2D eigenvalue weighted by Gasteiger charge is -2.17. The summed E-state index contributed by atoms with van der Waals surface area (Å²) in [7, 11) is 0. The molecular weight excluding hydrogens is 258 g/mol. The van der Waals surface area contributed by atoms with Crippen LogP contribution in [0.25, 0.3) is 0 Å². The van der Waals surface area contributed by atoms with Crippen LogP contribution in [0.2, 0.25) is 0 Å². The smallest absolute Gasteiger partial charge is 0.269 e. The van der Waals surface area contributed by atoms with Crippen molar-refractivity contribution in [3.8, 4) is 0 Å². The molecule has 1 fully saturated rings. The van der Waals surface area contributed by atoms with E-state index in [-0.39, 0.29) is 23.4 Å². The molecule has 0 spiro atoms. The van der Waals surface area contributed by atoms with E-state index < -0.39 is 4.92 Å². The van der Waals surface area contributed by atoms with Crippen LogP contribution in [0.1, 0.15) is 24.8 Å². The van der Waals surface area contributed by atoms with Gasteiger partial charge in [-0.1, -0.05) is 18.6 Å². The van der Waals surface area contributed by atoms with Gasteiger partial charge < -0.3 is 11.1 Å². The number of nitrogens with one attached hydrogen (secondary N) is 1. The van der Waals surface area contributed by atoms with Crippen molar-refractivity contribution >= 4 is 11.6 Å². The SMILES string of the molecule is NCC1CCCC1C(=O)NCc1ccc([N+](=O)[O-])cc1. The number of non-ortho nitro benzene ring substituents is 1. The monoisotopic (exact) mass is 277 g/mol. The molecule has 3 N–H and O–H groups in total. The highest BCUT2D eigenvalue weighted by atomic mass is 16.6. The molecule has 0 aromatic heterocycles. The molecule has 2 atom stereocenters. The Labute approximate surface area is 117 Å². The van der Waals surface area contributed by atoms with Crippen LogP contribution in [0.3, 0.4) is 0 Å². The zero-order valence-electron chi connectivity index (χ0n) is 11.2. The third-order valence-electron chi connectivity index (χ3n) is 3.91. The third-order valence-corrected chi connectivity index (χ3v) is 3.91. The standard InChI is InChI=1S/C14H19N3O3/c15-8-11-2-1-3-13(11)14(18)16-9-10-4-6-12(7-5-10)17(19)20/h4-7,11,13H,1-3,8-9,15H2,(H,16,18). The predicted octanol–water partition coefficient (Wildman–Crippen LogP) is 1.59. The van der Waals surface area contributed by atoms with Gasteiger partial charge in [0.2, 0.25) is 5.91 Å². The number of benzene rings is 1. The Morgan fingerprint density at radius 2 is 2.05 bits per heavy atom. The summed E-state index contributed by atoms with van der Waals surface area (Å²) in [5, 5.41) is 13.4. The minimum Gasteiger partial charge on any atom is -0.352 e. The molecule has 2 unspecified atom stereocenters. The minimum absolute atomic E-state index is 0.0121. The third kappa shape index (κ3) is 3.33. The number of nitrogens with two attached hydrogens (primary N) is 1. The molecule has 6 nitrogen and oxygen atoms in total. The summed E-state index contributed by atoms with van der Waals surface area (Å²) in [5.74, 6) is 0.334. The van der Waals surface area contributed by atoms with E-state index in [9.17, 15) is 14.9 Å². The van der Waals surface area contributed by atoms with E-state index in [1.54, 1.807) is 12.1 Å². The fraction of sp³-hybridized carbons (Fsp3) is 0.500. The average molecular weight is 277 g/mol. The molecule has 2 rings (SSSR count). The van der Waals surface area contributed by atoms with E-state index in [0.29, 0.717) is 13.1 Å². The highest BCUT2D eigenvalue weighted by Gasteiger charge is 2.31. The normalized spacial score (nSPS) is 21.6. The van der Waals surface area contributed by atoms with Crippen LogP contribution >= 0.6 is 0 Å². The van der Waals surface area contributed by atoms with Gasteiger partial charge in [-0.15, -0.1) is 0 Å². The van der Waals surface area contributed by atoms with Crippen LogP contribution in [0.15, 0.2) is 24.3 Å². The average Bonchev–Trinajstić information content (AvgIpc) is 2.93. The number of rotatable bonds is 5. The van der Waals surface area contributed by atoms with Crippen molar-refractivity contribution < 1.29 is 9.72 Å². The number of amides is 1. The van der Waals surface area contributed by atoms with Crippen LogP contribution in [0, 0.1) is 22.0 Å². The van der Waals surface area contributed by atoms with Crippen molar-refractivity contribution in [3.05, 3.63) is 39.9 Å². The zero-order chi connectivity index (χ0) is 14.5. The Bertz CT molecular complexity index is 487. The van der Waals surface area contributed by atoms with Gasteiger partial charge in [-0.25, -0.2) is 0 Å². The van der Waals surface area contributed by atoms with E-state index >= 15 is 0 Å². The topological polar surface area (TPSA) is 98.3 Å². The molecule has 1 aliphatic rings. The molecule has 1 amide bonds. The molecule has 1 aromatic rings. The first kappa shape index (κ1) is 14.5. The number of carbonyl (C=O) groups excluding carboxylic acids is 1. The van der Waals surface area contributed by atoms with Gasteiger partial charge in [0.05, 0.1) is 4.92 Å². The molecule has 20 heavy (non-hydrogen) atoms. The summed E-state index contributed by atoms with van der Waals surface area (Å²) in [6.07, 6.45) is 2.97. The highest BCUT2D eigenvalue weighted by Crippen LogP contribution is 2.30. The van der Waals surface area contributed by atoms with Crippen LogP contribution < -0.4 is 11.1 Å². The molecule has 6 heteroatoms. The largest absolute Gasteiger partial charge is 0.352 e. The van der Waals surface area contributed by atoms with Crippen LogP contribution in [0.4, 0.5) is 5.69 Å². The van der Waals surface area contributed by atoms with Gasteiger partial charge in [0, 0.05) is 24.6 Å². The van der Waals surface area contributed by atoms with E-state index in [1.807, 2.05) is 0 Å². The summed E-state index contributed by atoms with van der Waals surface area (Å²) >= 11 is 0. The fourth-order valence-corrected chi connectivity index (χ4v) is 2.72. The van der Waals surface area contributed by atoms with Gasteiger partial charge >= 0.3 is 0 Å². The van der Waals surface area contributed by atoms with Gasteiger partial charge in [-0.2, -0.15) is 0 Å². The molecule has 0 radical (unpaired) electrons. The molecule has 0 bridgehead atoms. The highest BCUT2D eigenvalue weighted by molar-refractivity contribution is 5.79. The van der Waals surface area contributed by atoms with Crippen LogP contribution in [-0.4, -0.2) is 17.4 Å². The lowest BCUT2D eigenvalue weighted by Crippen LogP contribution is -2.34. The van der Waals surface area contributed by atoms with E-state index in [0.717, 1.165) is 24.8 Å². The first-order chi connectivity index (χ1) is 9.61. The minimum atomic E-state index is -0.438. The Morgan fingerprint density at radius 1 is 1.35 bits per heavy atom. The van der Waals surface area contributed by atoms with E-state index in [1.165, 1.54) is 12.1 Å². The quantitative estimate of drug-likeness (QED) is 0.630. The Hall–Kier alpha value is -1.95. The van der Waals surface area contributed by atoms with Crippen LogP contribution in [-0.2, 0) is 11.3 Å². The van der Waals surface area contributed by atoms with E-state index in [2.05, 4.69) is 5.32 Å². The number of nitro benzene ring substituents is 1. The Kier molecular flexibility index (Phi) is 4.68. The summed E-state index contributed by atoms with van der Waals surface area (Å²) in [6.45, 7) is 0.945. The number of hydrogen-bond donors (Lipinski definition) is 2. The first-order valence-corrected chi connectivity index (χ1v) is 6.83. The Morgan fingerprint density at radius 3 is 2.65 bits per heavy atom. The van der Waals surface area contributed by atoms with Crippen molar-refractivity contribution in [2.24, 2.45) is 17.6 Å². The van der Waals surface area contributed by atoms with Gasteiger partial charge in [0.25, 0.3) is 5.69 Å². The molecule has 0 aliphatic heterocycles. The zero-order valence-corrected chi connectivity index (χ0v) is 11.2. The first-order valence-electron chi connectivity index (χ1n) is 6.83. The molecule has 0 heterocycles. The predicted molar refractivity (Wildman–Crippen MR) is 74.8 cm³/mol. The molecule has 1 saturated carbocycles. The number of nitro groups is 1. The second-order valence-corrected chi connectivity index (χ2v) is 5.17. The lowest BCUT2D eigenvalue weighted by atomic mass is 9.95. The van der Waals surface area contributed by atoms with Gasteiger partial charge in [-0.3, -0.25) is 14.9 Å². The maximum absolute atomic E-state index is 12.1. The van der Waals surface area contributed by atoms with E-state index in [4.69, 9.17) is 5.73 Å². The van der Waals surface area contributed by atoms with Gasteiger partial charge in [0.1, 0.15) is 0 Å². The summed E-state index contributed by atoms with van der Waals surface area (Å²) in [4.78, 5) is 22.2. The maximum atomic E-state index is 12.1. The number of carbonyl (C=O) groups is 1.